The van der Waals surface area contributed by atoms with Gasteiger partial charge in [0.1, 0.15) is 10.8 Å². The first-order valence-electron chi connectivity index (χ1n) is 9.79. The average Bonchev–Trinajstić information content (AvgIpc) is 3.35. The van der Waals surface area contributed by atoms with E-state index in [2.05, 4.69) is 10.3 Å². The molecule has 7 heteroatoms. The lowest BCUT2D eigenvalue weighted by atomic mass is 10.1. The second-order valence-electron chi connectivity index (χ2n) is 7.22. The van der Waals surface area contributed by atoms with Gasteiger partial charge in [0, 0.05) is 35.2 Å². The average molecular weight is 422 g/mol. The molecule has 4 rings (SSSR count). The smallest absolute Gasteiger partial charge is 0.227 e. The Bertz CT molecular complexity index is 1060. The molecule has 1 aromatic heterocycles. The normalized spacial score (nSPS) is 16.0. The predicted octanol–water partition coefficient (Wildman–Crippen LogP) is 3.80. The van der Waals surface area contributed by atoms with Gasteiger partial charge in [-0.15, -0.1) is 11.3 Å². The topological polar surface area (TPSA) is 71.5 Å². The molecule has 1 saturated heterocycles. The minimum absolute atomic E-state index is 0.0521. The quantitative estimate of drug-likeness (QED) is 0.657. The molecule has 1 atom stereocenters. The lowest BCUT2D eigenvalue weighted by molar-refractivity contribution is -0.126. The Kier molecular flexibility index (Phi) is 5.81. The van der Waals surface area contributed by atoms with E-state index in [1.165, 1.54) is 0 Å². The molecule has 154 valence electrons. The van der Waals surface area contributed by atoms with Crippen LogP contribution >= 0.6 is 11.3 Å². The van der Waals surface area contributed by atoms with Crippen molar-refractivity contribution in [2.75, 3.05) is 18.6 Å². The highest BCUT2D eigenvalue weighted by Crippen LogP contribution is 2.29. The molecule has 30 heavy (non-hydrogen) atoms. The summed E-state index contributed by atoms with van der Waals surface area (Å²) in [6.07, 6.45) is 0.208. The molecular weight excluding hydrogens is 398 g/mol. The number of nitrogens with zero attached hydrogens (tertiary/aromatic N) is 2. The van der Waals surface area contributed by atoms with E-state index in [4.69, 9.17) is 4.74 Å². The van der Waals surface area contributed by atoms with E-state index in [9.17, 15) is 9.59 Å². The van der Waals surface area contributed by atoms with Gasteiger partial charge in [0.05, 0.1) is 25.3 Å². The molecular formula is C23H23N3O3S. The van der Waals surface area contributed by atoms with Crippen molar-refractivity contribution in [2.45, 2.75) is 19.9 Å². The second kappa shape index (κ2) is 8.67. The van der Waals surface area contributed by atoms with Crippen LogP contribution in [0.15, 0.2) is 54.6 Å². The van der Waals surface area contributed by atoms with E-state index >= 15 is 0 Å². The number of aryl methyl sites for hydroxylation is 1. The number of amides is 2. The van der Waals surface area contributed by atoms with Crippen molar-refractivity contribution in [1.82, 2.24) is 10.3 Å². The van der Waals surface area contributed by atoms with Gasteiger partial charge in [-0.25, -0.2) is 4.98 Å². The van der Waals surface area contributed by atoms with Crippen molar-refractivity contribution < 1.29 is 14.3 Å². The summed E-state index contributed by atoms with van der Waals surface area (Å²) < 4.78 is 5.23. The Labute approximate surface area is 179 Å². The van der Waals surface area contributed by atoms with Crippen molar-refractivity contribution in [3.63, 3.8) is 0 Å². The zero-order chi connectivity index (χ0) is 21.1. The maximum atomic E-state index is 12.7. The molecule has 0 aliphatic carbocycles. The molecule has 1 unspecified atom stereocenters. The van der Waals surface area contributed by atoms with Gasteiger partial charge in [0.2, 0.25) is 11.8 Å². The van der Waals surface area contributed by atoms with Crippen LogP contribution in [-0.2, 0) is 16.1 Å². The molecule has 0 bridgehead atoms. The molecule has 1 fully saturated rings. The van der Waals surface area contributed by atoms with Crippen molar-refractivity contribution in [3.8, 4) is 16.3 Å². The van der Waals surface area contributed by atoms with Crippen LogP contribution in [0.3, 0.4) is 0 Å². The van der Waals surface area contributed by atoms with E-state index in [1.54, 1.807) is 23.3 Å². The van der Waals surface area contributed by atoms with Crippen LogP contribution < -0.4 is 15.0 Å². The first-order chi connectivity index (χ1) is 14.5. The third kappa shape index (κ3) is 4.21. The van der Waals surface area contributed by atoms with Crippen molar-refractivity contribution >= 4 is 28.8 Å². The van der Waals surface area contributed by atoms with Gasteiger partial charge >= 0.3 is 0 Å². The Balaban J connectivity index is 1.39. The summed E-state index contributed by atoms with van der Waals surface area (Å²) in [4.78, 5) is 32.5. The van der Waals surface area contributed by atoms with Gasteiger partial charge in [0.15, 0.2) is 0 Å². The summed E-state index contributed by atoms with van der Waals surface area (Å²) in [7, 11) is 1.59. The highest BCUT2D eigenvalue weighted by molar-refractivity contribution is 7.15. The van der Waals surface area contributed by atoms with E-state index < -0.39 is 0 Å². The zero-order valence-corrected chi connectivity index (χ0v) is 17.7. The van der Waals surface area contributed by atoms with Crippen molar-refractivity contribution in [3.05, 3.63) is 65.2 Å². The highest BCUT2D eigenvalue weighted by Gasteiger charge is 2.35. The summed E-state index contributed by atoms with van der Waals surface area (Å²) in [5.41, 5.74) is 2.73. The number of aromatic nitrogens is 1. The number of rotatable bonds is 6. The van der Waals surface area contributed by atoms with Gasteiger partial charge in [-0.3, -0.25) is 9.59 Å². The van der Waals surface area contributed by atoms with E-state index in [1.807, 2.05) is 61.5 Å². The number of carbonyl (C=O) groups is 2. The van der Waals surface area contributed by atoms with Gasteiger partial charge in [-0.2, -0.15) is 0 Å². The van der Waals surface area contributed by atoms with Gasteiger partial charge in [-0.05, 0) is 19.1 Å². The van der Waals surface area contributed by atoms with Crippen LogP contribution in [0, 0.1) is 12.8 Å². The molecule has 1 aliphatic heterocycles. The lowest BCUT2D eigenvalue weighted by Crippen LogP contribution is -2.32. The largest absolute Gasteiger partial charge is 0.497 e. The molecule has 1 aliphatic rings. The third-order valence-electron chi connectivity index (χ3n) is 5.20. The number of carbonyl (C=O) groups excluding carboxylic acids is 2. The zero-order valence-electron chi connectivity index (χ0n) is 16.9. The van der Waals surface area contributed by atoms with Crippen molar-refractivity contribution in [1.29, 1.82) is 0 Å². The third-order valence-corrected chi connectivity index (χ3v) is 6.40. The number of hydrogen-bond donors (Lipinski definition) is 1. The van der Waals surface area contributed by atoms with Gasteiger partial charge < -0.3 is 15.0 Å². The van der Waals surface area contributed by atoms with E-state index in [-0.39, 0.29) is 24.2 Å². The van der Waals surface area contributed by atoms with Gasteiger partial charge in [-0.1, -0.05) is 36.4 Å². The number of anilines is 1. The van der Waals surface area contributed by atoms with Crippen LogP contribution in [0.4, 0.5) is 5.69 Å². The molecule has 0 saturated carbocycles. The number of methoxy groups -OCH3 is 1. The Hall–Kier alpha value is -3.19. The van der Waals surface area contributed by atoms with Crippen LogP contribution in [0.5, 0.6) is 5.75 Å². The molecule has 2 amide bonds. The number of hydrogen-bond acceptors (Lipinski definition) is 5. The predicted molar refractivity (Wildman–Crippen MR) is 118 cm³/mol. The van der Waals surface area contributed by atoms with Crippen LogP contribution in [0.25, 0.3) is 10.6 Å². The molecule has 1 N–H and O–H groups in total. The lowest BCUT2D eigenvalue weighted by Gasteiger charge is -2.17. The van der Waals surface area contributed by atoms with E-state index in [0.717, 1.165) is 26.8 Å². The fraction of sp³-hybridized carbons (Fsp3) is 0.261. The monoisotopic (exact) mass is 421 g/mol. The molecule has 6 nitrogen and oxygen atoms in total. The maximum absolute atomic E-state index is 12.7. The van der Waals surface area contributed by atoms with Crippen LogP contribution in [0.1, 0.15) is 17.0 Å². The molecule has 2 aromatic carbocycles. The SMILES string of the molecule is COc1cccc(N2CC(C(=O)NCc3sc(-c4ccccc4)nc3C)CC2=O)c1. The Morgan fingerprint density at radius 2 is 2.03 bits per heavy atom. The fourth-order valence-corrected chi connectivity index (χ4v) is 4.53. The Morgan fingerprint density at radius 3 is 2.80 bits per heavy atom. The van der Waals surface area contributed by atoms with Crippen LogP contribution in [0.2, 0.25) is 0 Å². The molecule has 0 spiro atoms. The summed E-state index contributed by atoms with van der Waals surface area (Å²) in [5.74, 6) is 0.153. The molecule has 2 heterocycles. The summed E-state index contributed by atoms with van der Waals surface area (Å²) in [6, 6.07) is 17.3. The fourth-order valence-electron chi connectivity index (χ4n) is 3.52. The number of nitrogens with one attached hydrogen (secondary N) is 1. The highest BCUT2D eigenvalue weighted by atomic mass is 32.1. The molecule has 0 radical (unpaired) electrons. The number of benzene rings is 2. The molecule has 3 aromatic rings. The minimum Gasteiger partial charge on any atom is -0.497 e. The standard InChI is InChI=1S/C23H23N3O3S/c1-15-20(30-23(25-15)16-7-4-3-5-8-16)13-24-22(28)17-11-21(27)26(14-17)18-9-6-10-19(12-18)29-2/h3-10,12,17H,11,13-14H2,1-2H3,(H,24,28). The number of ether oxygens (including phenoxy) is 1. The first-order valence-corrected chi connectivity index (χ1v) is 10.6. The second-order valence-corrected chi connectivity index (χ2v) is 8.30. The van der Waals surface area contributed by atoms with Gasteiger partial charge in [0.25, 0.3) is 0 Å². The summed E-state index contributed by atoms with van der Waals surface area (Å²) in [6.45, 7) is 2.74. The maximum Gasteiger partial charge on any atom is 0.227 e. The number of thiazole rings is 1. The first kappa shape index (κ1) is 20.1. The summed E-state index contributed by atoms with van der Waals surface area (Å²) in [5, 5.41) is 3.93. The summed E-state index contributed by atoms with van der Waals surface area (Å²) >= 11 is 1.58. The van der Waals surface area contributed by atoms with Crippen LogP contribution in [-0.4, -0.2) is 30.5 Å². The Morgan fingerprint density at radius 1 is 1.23 bits per heavy atom. The van der Waals surface area contributed by atoms with E-state index in [0.29, 0.717) is 18.8 Å². The minimum atomic E-state index is -0.370. The van der Waals surface area contributed by atoms with Crippen molar-refractivity contribution in [2.24, 2.45) is 5.92 Å².